The molecule has 0 aromatic carbocycles. The average Bonchev–Trinajstić information content (AvgIpc) is 2.74. The minimum atomic E-state index is -1.14. The summed E-state index contributed by atoms with van der Waals surface area (Å²) in [6, 6.07) is -3.63. The Balaban J connectivity index is 5.14. The summed E-state index contributed by atoms with van der Waals surface area (Å²) < 4.78 is 0. The van der Waals surface area contributed by atoms with Crippen LogP contribution in [0, 0.1) is 11.8 Å². The van der Waals surface area contributed by atoms with Gasteiger partial charge < -0.3 is 32.5 Å². The van der Waals surface area contributed by atoms with Gasteiger partial charge >= 0.3 is 5.97 Å². The van der Waals surface area contributed by atoms with Crippen molar-refractivity contribution in [2.75, 3.05) is 6.54 Å². The largest absolute Gasteiger partial charge is 0.480 e. The highest BCUT2D eigenvalue weighted by atomic mass is 16.4. The molecule has 6 atom stereocenters. The van der Waals surface area contributed by atoms with Gasteiger partial charge in [0.15, 0.2) is 0 Å². The lowest BCUT2D eigenvalue weighted by atomic mass is 9.97. The molecule has 180 valence electrons. The SMILES string of the molecule is CCC(C)C(N)C(=O)NC(C)C(=O)NC(C(=O)NC(CCCCN)C(=O)O)C(C)CC. The number of rotatable bonds is 15. The molecule has 0 spiro atoms. The lowest BCUT2D eigenvalue weighted by Gasteiger charge is -2.27. The Morgan fingerprint density at radius 3 is 1.90 bits per heavy atom. The fraction of sp³-hybridized carbons (Fsp3) is 0.810. The molecule has 0 rings (SSSR count). The van der Waals surface area contributed by atoms with E-state index in [4.69, 9.17) is 11.5 Å². The molecule has 0 saturated heterocycles. The van der Waals surface area contributed by atoms with Gasteiger partial charge in [-0.05, 0) is 44.6 Å². The van der Waals surface area contributed by atoms with Gasteiger partial charge in [0, 0.05) is 0 Å². The fourth-order valence-corrected chi connectivity index (χ4v) is 2.88. The number of nitrogens with one attached hydrogen (secondary N) is 3. The lowest BCUT2D eigenvalue weighted by molar-refractivity contribution is -0.143. The topological polar surface area (TPSA) is 177 Å². The summed E-state index contributed by atoms with van der Waals surface area (Å²) in [6.07, 6.45) is 2.78. The van der Waals surface area contributed by atoms with E-state index in [9.17, 15) is 24.3 Å². The zero-order chi connectivity index (χ0) is 24.1. The first-order valence-electron chi connectivity index (χ1n) is 11.1. The molecule has 31 heavy (non-hydrogen) atoms. The highest BCUT2D eigenvalue weighted by molar-refractivity contribution is 5.94. The number of amides is 3. The number of aliphatic carboxylic acids is 1. The van der Waals surface area contributed by atoms with Gasteiger partial charge in [0.2, 0.25) is 17.7 Å². The quantitative estimate of drug-likeness (QED) is 0.194. The van der Waals surface area contributed by atoms with Crippen molar-refractivity contribution in [3.8, 4) is 0 Å². The molecule has 8 N–H and O–H groups in total. The van der Waals surface area contributed by atoms with Crippen molar-refractivity contribution in [3.63, 3.8) is 0 Å². The summed E-state index contributed by atoms with van der Waals surface area (Å²) >= 11 is 0. The summed E-state index contributed by atoms with van der Waals surface area (Å²) in [5, 5.41) is 17.1. The molecule has 0 aromatic heterocycles. The highest BCUT2D eigenvalue weighted by Crippen LogP contribution is 2.11. The van der Waals surface area contributed by atoms with Gasteiger partial charge in [0.1, 0.15) is 18.1 Å². The molecular formula is C21H41N5O5. The number of carbonyl (C=O) groups is 4. The minimum Gasteiger partial charge on any atom is -0.480 e. The molecule has 0 fully saturated rings. The molecule has 0 aliphatic heterocycles. The smallest absolute Gasteiger partial charge is 0.326 e. The average molecular weight is 444 g/mol. The van der Waals surface area contributed by atoms with Crippen LogP contribution in [0.5, 0.6) is 0 Å². The second-order valence-corrected chi connectivity index (χ2v) is 8.20. The van der Waals surface area contributed by atoms with E-state index in [2.05, 4.69) is 16.0 Å². The molecule has 6 unspecified atom stereocenters. The summed E-state index contributed by atoms with van der Waals surface area (Å²) in [6.45, 7) is 9.37. The number of carboxylic acids is 1. The van der Waals surface area contributed by atoms with Gasteiger partial charge in [-0.1, -0.05) is 40.5 Å². The Kier molecular flexibility index (Phi) is 13.7. The van der Waals surface area contributed by atoms with Crippen LogP contribution in [0.2, 0.25) is 0 Å². The number of unbranched alkanes of at least 4 members (excludes halogenated alkanes) is 1. The predicted molar refractivity (Wildman–Crippen MR) is 119 cm³/mol. The highest BCUT2D eigenvalue weighted by Gasteiger charge is 2.31. The zero-order valence-corrected chi connectivity index (χ0v) is 19.4. The third kappa shape index (κ3) is 10.1. The van der Waals surface area contributed by atoms with Gasteiger partial charge in [-0.15, -0.1) is 0 Å². The van der Waals surface area contributed by atoms with E-state index in [1.54, 1.807) is 6.92 Å². The van der Waals surface area contributed by atoms with Crippen LogP contribution in [0.3, 0.4) is 0 Å². The van der Waals surface area contributed by atoms with Crippen LogP contribution >= 0.6 is 0 Å². The van der Waals surface area contributed by atoms with Crippen molar-refractivity contribution in [2.24, 2.45) is 23.3 Å². The van der Waals surface area contributed by atoms with Crippen molar-refractivity contribution >= 4 is 23.7 Å². The number of hydrogen-bond acceptors (Lipinski definition) is 6. The summed E-state index contributed by atoms with van der Waals surface area (Å²) in [5.74, 6) is -2.97. The van der Waals surface area contributed by atoms with Crippen molar-refractivity contribution in [1.29, 1.82) is 0 Å². The summed E-state index contributed by atoms with van der Waals surface area (Å²) in [7, 11) is 0. The third-order valence-corrected chi connectivity index (χ3v) is 5.67. The molecular weight excluding hydrogens is 402 g/mol. The van der Waals surface area contributed by atoms with Crippen molar-refractivity contribution in [1.82, 2.24) is 16.0 Å². The second-order valence-electron chi connectivity index (χ2n) is 8.20. The van der Waals surface area contributed by atoms with Crippen LogP contribution in [0.15, 0.2) is 0 Å². The first kappa shape index (κ1) is 28.8. The fourth-order valence-electron chi connectivity index (χ4n) is 2.88. The van der Waals surface area contributed by atoms with E-state index >= 15 is 0 Å². The van der Waals surface area contributed by atoms with E-state index in [0.29, 0.717) is 25.8 Å². The zero-order valence-electron chi connectivity index (χ0n) is 19.4. The molecule has 0 saturated carbocycles. The van der Waals surface area contributed by atoms with Gasteiger partial charge in [0.25, 0.3) is 0 Å². The van der Waals surface area contributed by atoms with Gasteiger partial charge in [-0.2, -0.15) is 0 Å². The predicted octanol–water partition coefficient (Wildman–Crippen LogP) is 0.0938. The maximum atomic E-state index is 12.8. The molecule has 0 heterocycles. The lowest BCUT2D eigenvalue weighted by Crippen LogP contribution is -2.58. The molecule has 0 aliphatic carbocycles. The number of hydrogen-bond donors (Lipinski definition) is 6. The first-order valence-corrected chi connectivity index (χ1v) is 11.1. The molecule has 0 radical (unpaired) electrons. The van der Waals surface area contributed by atoms with E-state index in [0.717, 1.165) is 6.42 Å². The van der Waals surface area contributed by atoms with Crippen LogP contribution < -0.4 is 27.4 Å². The standard InChI is InChI=1S/C21H41N5O5/c1-6-12(3)16(23)19(28)24-14(5)18(27)26-17(13(4)7-2)20(29)25-15(21(30)31)10-8-9-11-22/h12-17H,6-11,22-23H2,1-5H3,(H,24,28)(H,25,29)(H,26,27)(H,30,31). The molecule has 0 aromatic rings. The van der Waals surface area contributed by atoms with Crippen LogP contribution in [-0.4, -0.2) is 59.5 Å². The first-order chi connectivity index (χ1) is 14.5. The van der Waals surface area contributed by atoms with E-state index in [1.807, 2.05) is 20.8 Å². The van der Waals surface area contributed by atoms with E-state index in [1.165, 1.54) is 6.92 Å². The third-order valence-electron chi connectivity index (χ3n) is 5.67. The second kappa shape index (κ2) is 14.7. The Labute approximate surface area is 185 Å². The number of nitrogens with two attached hydrogens (primary N) is 2. The van der Waals surface area contributed by atoms with Crippen LogP contribution in [0.1, 0.15) is 66.7 Å². The van der Waals surface area contributed by atoms with Gasteiger partial charge in [-0.25, -0.2) is 4.79 Å². The van der Waals surface area contributed by atoms with Gasteiger partial charge in [-0.3, -0.25) is 14.4 Å². The van der Waals surface area contributed by atoms with Crippen LogP contribution in [0.25, 0.3) is 0 Å². The minimum absolute atomic E-state index is 0.0406. The molecule has 0 bridgehead atoms. The number of carbonyl (C=O) groups excluding carboxylic acids is 3. The van der Waals surface area contributed by atoms with Crippen molar-refractivity contribution in [2.45, 2.75) is 90.9 Å². The number of carboxylic acid groups (broad SMARTS) is 1. The van der Waals surface area contributed by atoms with Crippen molar-refractivity contribution in [3.05, 3.63) is 0 Å². The monoisotopic (exact) mass is 443 g/mol. The van der Waals surface area contributed by atoms with Crippen molar-refractivity contribution < 1.29 is 24.3 Å². The van der Waals surface area contributed by atoms with E-state index < -0.39 is 47.9 Å². The van der Waals surface area contributed by atoms with E-state index in [-0.39, 0.29) is 18.3 Å². The Hall–Kier alpha value is -2.20. The summed E-state index contributed by atoms with van der Waals surface area (Å²) in [5.41, 5.74) is 11.3. The molecule has 10 heteroatoms. The Morgan fingerprint density at radius 2 is 1.42 bits per heavy atom. The van der Waals surface area contributed by atoms with Crippen LogP contribution in [0.4, 0.5) is 0 Å². The molecule has 10 nitrogen and oxygen atoms in total. The van der Waals surface area contributed by atoms with Crippen LogP contribution in [-0.2, 0) is 19.2 Å². The molecule has 0 aliphatic rings. The Bertz CT molecular complexity index is 601. The van der Waals surface area contributed by atoms with Gasteiger partial charge in [0.05, 0.1) is 6.04 Å². The molecule has 3 amide bonds. The normalized spacial score (nSPS) is 16.9. The summed E-state index contributed by atoms with van der Waals surface area (Å²) in [4.78, 5) is 49.2. The Morgan fingerprint density at radius 1 is 0.839 bits per heavy atom. The maximum absolute atomic E-state index is 12.8. The maximum Gasteiger partial charge on any atom is 0.326 e.